The Hall–Kier alpha value is -1.30. The van der Waals surface area contributed by atoms with Gasteiger partial charge in [-0.25, -0.2) is 9.78 Å². The van der Waals surface area contributed by atoms with E-state index in [1.54, 1.807) is 6.20 Å². The maximum atomic E-state index is 12.3. The van der Waals surface area contributed by atoms with E-state index in [0.717, 1.165) is 30.3 Å². The number of carbonyl (C=O) groups is 1. The summed E-state index contributed by atoms with van der Waals surface area (Å²) in [7, 11) is 0. The Kier molecular flexibility index (Phi) is 5.18. The van der Waals surface area contributed by atoms with Gasteiger partial charge in [-0.1, -0.05) is 19.3 Å². The molecule has 0 radical (unpaired) electrons. The quantitative estimate of drug-likeness (QED) is 0.891. The number of urea groups is 1. The minimum Gasteiger partial charge on any atom is -0.472 e. The van der Waals surface area contributed by atoms with Gasteiger partial charge in [0.15, 0.2) is 0 Å². The first-order chi connectivity index (χ1) is 10.7. The first-order valence-corrected chi connectivity index (χ1v) is 8.84. The van der Waals surface area contributed by atoms with E-state index in [4.69, 9.17) is 4.74 Å². The van der Waals surface area contributed by atoms with Crippen LogP contribution in [0.5, 0.6) is 5.88 Å². The van der Waals surface area contributed by atoms with Gasteiger partial charge in [-0.15, -0.1) is 0 Å². The molecule has 1 unspecified atom stereocenters. The Bertz CT molecular complexity index is 520. The van der Waals surface area contributed by atoms with Crippen molar-refractivity contribution in [2.45, 2.75) is 50.7 Å². The van der Waals surface area contributed by atoms with E-state index in [2.05, 4.69) is 26.2 Å². The van der Waals surface area contributed by atoms with Crippen molar-refractivity contribution in [3.63, 3.8) is 0 Å². The van der Waals surface area contributed by atoms with Crippen LogP contribution in [0.25, 0.3) is 0 Å². The highest BCUT2D eigenvalue weighted by atomic mass is 79.9. The second-order valence-electron chi connectivity index (χ2n) is 6.05. The second-order valence-corrected chi connectivity index (χ2v) is 6.90. The van der Waals surface area contributed by atoms with Gasteiger partial charge in [0.2, 0.25) is 5.88 Å². The van der Waals surface area contributed by atoms with Crippen LogP contribution in [-0.2, 0) is 0 Å². The molecule has 3 rings (SSSR count). The Morgan fingerprint density at radius 2 is 2.14 bits per heavy atom. The van der Waals surface area contributed by atoms with Crippen LogP contribution in [0.4, 0.5) is 4.79 Å². The molecule has 120 valence electrons. The first-order valence-electron chi connectivity index (χ1n) is 8.05. The van der Waals surface area contributed by atoms with Crippen LogP contribution in [0, 0.1) is 0 Å². The Labute approximate surface area is 139 Å². The summed E-state index contributed by atoms with van der Waals surface area (Å²) in [5.74, 6) is 0.599. The minimum atomic E-state index is 0.0169. The number of aromatic nitrogens is 1. The number of ether oxygens (including phenoxy) is 1. The van der Waals surface area contributed by atoms with E-state index in [1.807, 2.05) is 17.0 Å². The minimum absolute atomic E-state index is 0.0169. The maximum absolute atomic E-state index is 12.3. The van der Waals surface area contributed by atoms with E-state index in [1.165, 1.54) is 19.3 Å². The van der Waals surface area contributed by atoms with E-state index in [0.29, 0.717) is 18.5 Å². The van der Waals surface area contributed by atoms with Gasteiger partial charge in [-0.2, -0.15) is 0 Å². The van der Waals surface area contributed by atoms with Crippen LogP contribution in [-0.4, -0.2) is 41.2 Å². The molecule has 22 heavy (non-hydrogen) atoms. The fourth-order valence-electron chi connectivity index (χ4n) is 3.14. The second kappa shape index (κ2) is 7.31. The molecule has 1 saturated heterocycles. The standard InChI is InChI=1S/C16H22BrN3O2/c17-14-7-4-9-18-15(14)22-13-8-10-20(11-13)16(21)19-12-5-2-1-3-6-12/h4,7,9,12-13H,1-3,5-6,8,10-11H2,(H,19,21). The molecule has 2 aliphatic rings. The lowest BCUT2D eigenvalue weighted by Crippen LogP contribution is -2.45. The van der Waals surface area contributed by atoms with Crippen molar-refractivity contribution in [2.75, 3.05) is 13.1 Å². The maximum Gasteiger partial charge on any atom is 0.317 e. The van der Waals surface area contributed by atoms with Gasteiger partial charge in [-0.3, -0.25) is 0 Å². The molecule has 6 heteroatoms. The number of halogens is 1. The monoisotopic (exact) mass is 367 g/mol. The zero-order valence-corrected chi connectivity index (χ0v) is 14.2. The van der Waals surface area contributed by atoms with Crippen LogP contribution in [0.1, 0.15) is 38.5 Å². The van der Waals surface area contributed by atoms with Gasteiger partial charge in [0.05, 0.1) is 11.0 Å². The molecular weight excluding hydrogens is 346 g/mol. The van der Waals surface area contributed by atoms with Gasteiger partial charge in [-0.05, 0) is 40.9 Å². The van der Waals surface area contributed by atoms with Gasteiger partial charge in [0.1, 0.15) is 6.10 Å². The summed E-state index contributed by atoms with van der Waals surface area (Å²) in [6, 6.07) is 4.17. The summed E-state index contributed by atoms with van der Waals surface area (Å²) in [5, 5.41) is 3.16. The van der Waals surface area contributed by atoms with Crippen molar-refractivity contribution < 1.29 is 9.53 Å². The summed E-state index contributed by atoms with van der Waals surface area (Å²) in [5.41, 5.74) is 0. The Morgan fingerprint density at radius 1 is 1.32 bits per heavy atom. The number of carbonyl (C=O) groups excluding carboxylic acids is 1. The average molecular weight is 368 g/mol. The highest BCUT2D eigenvalue weighted by Gasteiger charge is 2.29. The third kappa shape index (κ3) is 3.91. The average Bonchev–Trinajstić information content (AvgIpc) is 2.99. The number of nitrogens with zero attached hydrogens (tertiary/aromatic N) is 2. The van der Waals surface area contributed by atoms with Crippen LogP contribution in [0.15, 0.2) is 22.8 Å². The molecule has 5 nitrogen and oxygen atoms in total. The molecule has 2 amide bonds. The van der Waals surface area contributed by atoms with Crippen molar-refractivity contribution in [3.8, 4) is 5.88 Å². The highest BCUT2D eigenvalue weighted by Crippen LogP contribution is 2.24. The topological polar surface area (TPSA) is 54.5 Å². The predicted octanol–water partition coefficient (Wildman–Crippen LogP) is 3.34. The van der Waals surface area contributed by atoms with Crippen LogP contribution in [0.3, 0.4) is 0 Å². The number of pyridine rings is 1. The van der Waals surface area contributed by atoms with Crippen molar-refractivity contribution in [3.05, 3.63) is 22.8 Å². The van der Waals surface area contributed by atoms with Gasteiger partial charge in [0, 0.05) is 25.2 Å². The Balaban J connectivity index is 1.49. The molecule has 0 spiro atoms. The van der Waals surface area contributed by atoms with E-state index >= 15 is 0 Å². The summed E-state index contributed by atoms with van der Waals surface area (Å²) < 4.78 is 6.74. The van der Waals surface area contributed by atoms with Crippen LogP contribution < -0.4 is 10.1 Å². The zero-order chi connectivity index (χ0) is 15.4. The van der Waals surface area contributed by atoms with Crippen LogP contribution in [0.2, 0.25) is 0 Å². The first kappa shape index (κ1) is 15.6. The summed E-state index contributed by atoms with van der Waals surface area (Å²) in [6.45, 7) is 1.37. The lowest BCUT2D eigenvalue weighted by atomic mass is 9.96. The summed E-state index contributed by atoms with van der Waals surface area (Å²) >= 11 is 3.43. The fourth-order valence-corrected chi connectivity index (χ4v) is 3.49. The Morgan fingerprint density at radius 3 is 2.91 bits per heavy atom. The molecule has 0 aromatic carbocycles. The van der Waals surface area contributed by atoms with E-state index < -0.39 is 0 Å². The largest absolute Gasteiger partial charge is 0.472 e. The van der Waals surface area contributed by atoms with E-state index in [9.17, 15) is 4.79 Å². The SMILES string of the molecule is O=C(NC1CCCCC1)N1CCC(Oc2ncccc2Br)C1. The molecule has 1 aliphatic carbocycles. The van der Waals surface area contributed by atoms with Gasteiger partial charge in [0.25, 0.3) is 0 Å². The molecule has 1 N–H and O–H groups in total. The number of hydrogen-bond acceptors (Lipinski definition) is 3. The summed E-state index contributed by atoms with van der Waals surface area (Å²) in [4.78, 5) is 18.4. The molecule has 1 atom stereocenters. The van der Waals surface area contributed by atoms with Crippen molar-refractivity contribution in [2.24, 2.45) is 0 Å². The third-order valence-electron chi connectivity index (χ3n) is 4.37. The van der Waals surface area contributed by atoms with Crippen molar-refractivity contribution >= 4 is 22.0 Å². The molecule has 1 aromatic rings. The van der Waals surface area contributed by atoms with Gasteiger partial charge >= 0.3 is 6.03 Å². The normalized spacial score (nSPS) is 22.6. The summed E-state index contributed by atoms with van der Waals surface area (Å²) in [6.07, 6.45) is 8.55. The molecule has 1 saturated carbocycles. The molecule has 1 aliphatic heterocycles. The van der Waals surface area contributed by atoms with E-state index in [-0.39, 0.29) is 12.1 Å². The van der Waals surface area contributed by atoms with Crippen LogP contribution >= 0.6 is 15.9 Å². The highest BCUT2D eigenvalue weighted by molar-refractivity contribution is 9.10. The predicted molar refractivity (Wildman–Crippen MR) is 87.9 cm³/mol. The van der Waals surface area contributed by atoms with Crippen molar-refractivity contribution in [1.29, 1.82) is 0 Å². The molecule has 2 heterocycles. The number of likely N-dealkylation sites (tertiary alicyclic amines) is 1. The lowest BCUT2D eigenvalue weighted by molar-refractivity contribution is 0.178. The smallest absolute Gasteiger partial charge is 0.317 e. The zero-order valence-electron chi connectivity index (χ0n) is 12.6. The number of rotatable bonds is 3. The molecule has 2 fully saturated rings. The number of nitrogens with one attached hydrogen (secondary N) is 1. The molecule has 1 aromatic heterocycles. The number of hydrogen-bond donors (Lipinski definition) is 1. The third-order valence-corrected chi connectivity index (χ3v) is 4.97. The molecular formula is C16H22BrN3O2. The number of amides is 2. The van der Waals surface area contributed by atoms with Crippen molar-refractivity contribution in [1.82, 2.24) is 15.2 Å². The fraction of sp³-hybridized carbons (Fsp3) is 0.625. The lowest BCUT2D eigenvalue weighted by Gasteiger charge is -2.26. The molecule has 0 bridgehead atoms. The van der Waals surface area contributed by atoms with Gasteiger partial charge < -0.3 is 15.0 Å².